The van der Waals surface area contributed by atoms with E-state index < -0.39 is 6.04 Å². The summed E-state index contributed by atoms with van der Waals surface area (Å²) in [5, 5.41) is 2.96. The predicted octanol–water partition coefficient (Wildman–Crippen LogP) is 5.17. The van der Waals surface area contributed by atoms with Gasteiger partial charge in [-0.05, 0) is 54.8 Å². The number of halogens is 1. The van der Waals surface area contributed by atoms with Crippen LogP contribution in [0.4, 0.5) is 10.1 Å². The molecule has 2 amide bonds. The van der Waals surface area contributed by atoms with Crippen molar-refractivity contribution in [1.82, 2.24) is 4.90 Å². The van der Waals surface area contributed by atoms with E-state index in [2.05, 4.69) is 5.32 Å². The van der Waals surface area contributed by atoms with Gasteiger partial charge in [0.1, 0.15) is 5.82 Å². The first kappa shape index (κ1) is 19.8. The number of hydrogen-bond donors (Lipinski definition) is 1. The number of benzene rings is 3. The summed E-state index contributed by atoms with van der Waals surface area (Å²) in [6.45, 7) is 4.37. The van der Waals surface area contributed by atoms with Crippen LogP contribution in [0.2, 0.25) is 0 Å². The molecule has 0 aliphatic carbocycles. The molecule has 0 unspecified atom stereocenters. The standard InChI is InChI=1S/C25H23FN2O2/c1-16-7-12-22(17(2)13-16)27-24(29)14-23(18-8-10-20(26)11-9-18)28-15-19-5-3-4-6-21(19)25(28)30/h3-13,23H,14-15H2,1-2H3,(H,27,29)/t23-/m0/s1. The highest BCUT2D eigenvalue weighted by Gasteiger charge is 2.34. The number of anilines is 1. The van der Waals surface area contributed by atoms with E-state index in [-0.39, 0.29) is 24.1 Å². The summed E-state index contributed by atoms with van der Waals surface area (Å²) >= 11 is 0. The Hall–Kier alpha value is -3.47. The maximum absolute atomic E-state index is 13.5. The number of nitrogens with zero attached hydrogens (tertiary/aromatic N) is 1. The quantitative estimate of drug-likeness (QED) is 0.640. The Bertz CT molecular complexity index is 1110. The number of rotatable bonds is 5. The van der Waals surface area contributed by atoms with E-state index in [0.29, 0.717) is 12.1 Å². The molecule has 0 saturated heterocycles. The van der Waals surface area contributed by atoms with E-state index in [9.17, 15) is 14.0 Å². The Morgan fingerprint density at radius 3 is 2.50 bits per heavy atom. The maximum Gasteiger partial charge on any atom is 0.255 e. The second-order valence-electron chi connectivity index (χ2n) is 7.73. The van der Waals surface area contributed by atoms with Crippen LogP contribution < -0.4 is 5.32 Å². The molecule has 4 rings (SSSR count). The Morgan fingerprint density at radius 1 is 1.07 bits per heavy atom. The Morgan fingerprint density at radius 2 is 1.80 bits per heavy atom. The van der Waals surface area contributed by atoms with Gasteiger partial charge in [-0.3, -0.25) is 9.59 Å². The zero-order chi connectivity index (χ0) is 21.3. The average Bonchev–Trinajstić information content (AvgIpc) is 3.06. The number of hydrogen-bond acceptors (Lipinski definition) is 2. The molecule has 0 aromatic heterocycles. The molecule has 4 nitrogen and oxygen atoms in total. The van der Waals surface area contributed by atoms with Gasteiger partial charge in [0.05, 0.1) is 12.5 Å². The molecule has 0 saturated carbocycles. The van der Waals surface area contributed by atoms with Crippen molar-refractivity contribution < 1.29 is 14.0 Å². The van der Waals surface area contributed by atoms with Gasteiger partial charge in [0.25, 0.3) is 5.91 Å². The summed E-state index contributed by atoms with van der Waals surface area (Å²) in [6.07, 6.45) is 0.0820. The van der Waals surface area contributed by atoms with Gasteiger partial charge in [0.15, 0.2) is 0 Å². The lowest BCUT2D eigenvalue weighted by molar-refractivity contribution is -0.117. The van der Waals surface area contributed by atoms with Crippen LogP contribution in [-0.4, -0.2) is 16.7 Å². The summed E-state index contributed by atoms with van der Waals surface area (Å²) in [5.41, 5.74) is 5.16. The van der Waals surface area contributed by atoms with Crippen molar-refractivity contribution in [3.05, 3.63) is 100 Å². The van der Waals surface area contributed by atoms with Crippen molar-refractivity contribution in [3.8, 4) is 0 Å². The van der Waals surface area contributed by atoms with E-state index in [1.165, 1.54) is 12.1 Å². The largest absolute Gasteiger partial charge is 0.327 e. The van der Waals surface area contributed by atoms with Crippen LogP contribution in [0.15, 0.2) is 66.7 Å². The minimum absolute atomic E-state index is 0.0820. The monoisotopic (exact) mass is 402 g/mol. The van der Waals surface area contributed by atoms with Crippen molar-refractivity contribution in [2.24, 2.45) is 0 Å². The summed E-state index contributed by atoms with van der Waals surface area (Å²) in [6, 6.07) is 18.8. The van der Waals surface area contributed by atoms with Crippen molar-refractivity contribution in [2.75, 3.05) is 5.32 Å². The van der Waals surface area contributed by atoms with E-state index in [1.54, 1.807) is 23.1 Å². The van der Waals surface area contributed by atoms with Crippen LogP contribution in [-0.2, 0) is 11.3 Å². The van der Waals surface area contributed by atoms with Crippen LogP contribution in [0.25, 0.3) is 0 Å². The number of carbonyl (C=O) groups is 2. The fourth-order valence-corrected chi connectivity index (χ4v) is 3.95. The fourth-order valence-electron chi connectivity index (χ4n) is 3.95. The molecule has 1 aliphatic heterocycles. The third kappa shape index (κ3) is 3.96. The number of aryl methyl sites for hydroxylation is 2. The van der Waals surface area contributed by atoms with Crippen molar-refractivity contribution in [2.45, 2.75) is 32.9 Å². The molecule has 3 aromatic carbocycles. The fraction of sp³-hybridized carbons (Fsp3) is 0.200. The molecule has 30 heavy (non-hydrogen) atoms. The SMILES string of the molecule is Cc1ccc(NC(=O)C[C@@H](c2ccc(F)cc2)N2Cc3ccccc3C2=O)c(C)c1. The molecular formula is C25H23FN2O2. The Balaban J connectivity index is 1.61. The molecular weight excluding hydrogens is 379 g/mol. The minimum atomic E-state index is -0.490. The van der Waals surface area contributed by atoms with Crippen LogP contribution >= 0.6 is 0 Å². The van der Waals surface area contributed by atoms with E-state index in [0.717, 1.165) is 27.9 Å². The van der Waals surface area contributed by atoms with Gasteiger partial charge in [-0.15, -0.1) is 0 Å². The first-order chi connectivity index (χ1) is 14.4. The summed E-state index contributed by atoms with van der Waals surface area (Å²) < 4.78 is 13.5. The zero-order valence-electron chi connectivity index (χ0n) is 17.0. The third-order valence-electron chi connectivity index (χ3n) is 5.52. The Kier molecular flexibility index (Phi) is 5.36. The van der Waals surface area contributed by atoms with E-state index >= 15 is 0 Å². The molecule has 0 radical (unpaired) electrons. The van der Waals surface area contributed by atoms with Crippen molar-refractivity contribution in [1.29, 1.82) is 0 Å². The van der Waals surface area contributed by atoms with Gasteiger partial charge in [-0.2, -0.15) is 0 Å². The lowest BCUT2D eigenvalue weighted by atomic mass is 10.0. The second-order valence-corrected chi connectivity index (χ2v) is 7.73. The molecule has 1 atom stereocenters. The van der Waals surface area contributed by atoms with Gasteiger partial charge in [0, 0.05) is 17.8 Å². The number of amides is 2. The summed E-state index contributed by atoms with van der Waals surface area (Å²) in [7, 11) is 0. The van der Waals surface area contributed by atoms with Crippen molar-refractivity contribution >= 4 is 17.5 Å². The third-order valence-corrected chi connectivity index (χ3v) is 5.52. The number of nitrogens with one attached hydrogen (secondary N) is 1. The molecule has 1 N–H and O–H groups in total. The maximum atomic E-state index is 13.5. The smallest absolute Gasteiger partial charge is 0.255 e. The molecule has 152 valence electrons. The average molecular weight is 402 g/mol. The predicted molar refractivity (Wildman–Crippen MR) is 115 cm³/mol. The highest BCUT2D eigenvalue weighted by atomic mass is 19.1. The normalized spacial score (nSPS) is 13.8. The summed E-state index contributed by atoms with van der Waals surface area (Å²) in [5.74, 6) is -0.660. The molecule has 0 fully saturated rings. The van der Waals surface area contributed by atoms with Crippen LogP contribution in [0.3, 0.4) is 0 Å². The molecule has 1 aliphatic rings. The first-order valence-electron chi connectivity index (χ1n) is 9.94. The minimum Gasteiger partial charge on any atom is -0.327 e. The zero-order valence-corrected chi connectivity index (χ0v) is 17.0. The van der Waals surface area contributed by atoms with Gasteiger partial charge >= 0.3 is 0 Å². The second kappa shape index (κ2) is 8.11. The molecule has 0 spiro atoms. The number of fused-ring (bicyclic) bond motifs is 1. The van der Waals surface area contributed by atoms with E-state index in [4.69, 9.17) is 0 Å². The van der Waals surface area contributed by atoms with Crippen LogP contribution in [0.1, 0.15) is 45.1 Å². The highest BCUT2D eigenvalue weighted by molar-refractivity contribution is 5.99. The first-order valence-corrected chi connectivity index (χ1v) is 9.94. The molecule has 3 aromatic rings. The van der Waals surface area contributed by atoms with Gasteiger partial charge < -0.3 is 10.2 Å². The van der Waals surface area contributed by atoms with Crippen molar-refractivity contribution in [3.63, 3.8) is 0 Å². The van der Waals surface area contributed by atoms with Crippen LogP contribution in [0.5, 0.6) is 0 Å². The lowest BCUT2D eigenvalue weighted by Crippen LogP contribution is -2.32. The molecule has 1 heterocycles. The molecule has 5 heteroatoms. The number of carbonyl (C=O) groups excluding carboxylic acids is 2. The van der Waals surface area contributed by atoms with Gasteiger partial charge in [-0.25, -0.2) is 4.39 Å². The molecule has 0 bridgehead atoms. The highest BCUT2D eigenvalue weighted by Crippen LogP contribution is 2.34. The topological polar surface area (TPSA) is 49.4 Å². The Labute approximate surface area is 175 Å². The van der Waals surface area contributed by atoms with Crippen LogP contribution in [0, 0.1) is 19.7 Å². The van der Waals surface area contributed by atoms with Gasteiger partial charge in [0.2, 0.25) is 5.91 Å². The lowest BCUT2D eigenvalue weighted by Gasteiger charge is -2.28. The van der Waals surface area contributed by atoms with Gasteiger partial charge in [-0.1, -0.05) is 48.0 Å². The van der Waals surface area contributed by atoms with E-state index in [1.807, 2.05) is 50.2 Å². The summed E-state index contributed by atoms with van der Waals surface area (Å²) in [4.78, 5) is 27.6.